The van der Waals surface area contributed by atoms with Crippen LogP contribution >= 0.6 is 43.2 Å². The van der Waals surface area contributed by atoms with Gasteiger partial charge in [0, 0.05) is 14.9 Å². The number of thiophene rings is 1. The van der Waals surface area contributed by atoms with Crippen LogP contribution in [-0.2, 0) is 0 Å². The van der Waals surface area contributed by atoms with E-state index in [1.807, 2.05) is 0 Å². The summed E-state index contributed by atoms with van der Waals surface area (Å²) in [5.41, 5.74) is 2.33. The van der Waals surface area contributed by atoms with Crippen LogP contribution in [0.15, 0.2) is 32.5 Å². The average molecular weight is 419 g/mol. The lowest BCUT2D eigenvalue weighted by molar-refractivity contribution is 0.404. The van der Waals surface area contributed by atoms with Crippen molar-refractivity contribution in [1.29, 1.82) is 0 Å². The highest BCUT2D eigenvalue weighted by atomic mass is 79.9. The van der Waals surface area contributed by atoms with Gasteiger partial charge in [-0.2, -0.15) is 0 Å². The van der Waals surface area contributed by atoms with E-state index in [9.17, 15) is 0 Å². The van der Waals surface area contributed by atoms with E-state index in [1.54, 1.807) is 18.4 Å². The molecule has 1 aromatic carbocycles. The largest absolute Gasteiger partial charge is 0.496 e. The molecule has 108 valence electrons. The van der Waals surface area contributed by atoms with Gasteiger partial charge in [-0.3, -0.25) is 0 Å². The quantitative estimate of drug-likeness (QED) is 0.712. The average Bonchev–Trinajstić information content (AvgIpc) is 2.85. The number of aryl methyl sites for hydroxylation is 1. The number of hydrogen-bond donors (Lipinski definition) is 1. The van der Waals surface area contributed by atoms with Crippen LogP contribution in [0.1, 0.15) is 29.0 Å². The smallest absolute Gasteiger partial charge is 0.124 e. The number of hydrogen-bond acceptors (Lipinski definition) is 3. The molecule has 1 atom stereocenters. The van der Waals surface area contributed by atoms with Crippen molar-refractivity contribution < 1.29 is 4.74 Å². The molecule has 5 heteroatoms. The predicted molar refractivity (Wildman–Crippen MR) is 93.0 cm³/mol. The summed E-state index contributed by atoms with van der Waals surface area (Å²) >= 11 is 8.90. The molecule has 1 unspecified atom stereocenters. The van der Waals surface area contributed by atoms with Crippen molar-refractivity contribution in [2.75, 3.05) is 13.7 Å². The molecule has 2 nitrogen and oxygen atoms in total. The van der Waals surface area contributed by atoms with Crippen LogP contribution in [0.25, 0.3) is 0 Å². The Morgan fingerprint density at radius 3 is 2.60 bits per heavy atom. The molecular formula is C15H17Br2NOS. The topological polar surface area (TPSA) is 21.3 Å². The van der Waals surface area contributed by atoms with E-state index in [0.717, 1.165) is 26.1 Å². The molecule has 0 saturated heterocycles. The molecule has 0 amide bonds. The summed E-state index contributed by atoms with van der Waals surface area (Å²) in [6.45, 7) is 5.08. The fourth-order valence-electron chi connectivity index (χ4n) is 2.12. The SMILES string of the molecule is CCNC(c1ccc(Br)s1)c1cc(Br)c(C)cc1OC. The normalized spacial score (nSPS) is 12.4. The first-order valence-corrected chi connectivity index (χ1v) is 8.79. The van der Waals surface area contributed by atoms with Crippen molar-refractivity contribution in [2.24, 2.45) is 0 Å². The third-order valence-electron chi connectivity index (χ3n) is 3.11. The number of nitrogens with one attached hydrogen (secondary N) is 1. The maximum atomic E-state index is 5.57. The van der Waals surface area contributed by atoms with E-state index in [1.165, 1.54) is 10.4 Å². The van der Waals surface area contributed by atoms with Crippen LogP contribution < -0.4 is 10.1 Å². The second-order valence-corrected chi connectivity index (χ2v) is 7.82. The summed E-state index contributed by atoms with van der Waals surface area (Å²) in [5, 5.41) is 3.54. The minimum atomic E-state index is 0.142. The Labute approximate surface area is 140 Å². The first-order valence-electron chi connectivity index (χ1n) is 6.39. The third kappa shape index (κ3) is 3.45. The summed E-state index contributed by atoms with van der Waals surface area (Å²) in [4.78, 5) is 1.27. The number of ether oxygens (including phenoxy) is 1. The Bertz CT molecular complexity index is 598. The first kappa shape index (κ1) is 16.0. The highest BCUT2D eigenvalue weighted by molar-refractivity contribution is 9.11. The van der Waals surface area contributed by atoms with Gasteiger partial charge < -0.3 is 10.1 Å². The minimum absolute atomic E-state index is 0.142. The zero-order valence-electron chi connectivity index (χ0n) is 11.7. The van der Waals surface area contributed by atoms with Gasteiger partial charge >= 0.3 is 0 Å². The van der Waals surface area contributed by atoms with Gasteiger partial charge in [0.2, 0.25) is 0 Å². The van der Waals surface area contributed by atoms with Crippen molar-refractivity contribution in [3.8, 4) is 5.75 Å². The summed E-state index contributed by atoms with van der Waals surface area (Å²) in [6, 6.07) is 8.60. The van der Waals surface area contributed by atoms with Gasteiger partial charge in [-0.25, -0.2) is 0 Å². The van der Waals surface area contributed by atoms with Crippen LogP contribution in [0.4, 0.5) is 0 Å². The van der Waals surface area contributed by atoms with Gasteiger partial charge in [0.05, 0.1) is 16.9 Å². The molecule has 0 saturated carbocycles. The Morgan fingerprint density at radius 1 is 1.30 bits per heavy atom. The standard InChI is InChI=1S/C15H17Br2NOS/c1-4-18-15(13-5-6-14(17)20-13)10-8-11(16)9(2)7-12(10)19-3/h5-8,15,18H,4H2,1-3H3. The first-order chi connectivity index (χ1) is 9.56. The summed E-state index contributed by atoms with van der Waals surface area (Å²) in [5.74, 6) is 0.918. The molecule has 0 radical (unpaired) electrons. The molecule has 0 spiro atoms. The van der Waals surface area contributed by atoms with Crippen LogP contribution in [0.2, 0.25) is 0 Å². The third-order valence-corrected chi connectivity index (χ3v) is 5.65. The fourth-order valence-corrected chi connectivity index (χ4v) is 4.00. The van der Waals surface area contributed by atoms with Crippen molar-refractivity contribution >= 4 is 43.2 Å². The molecule has 0 fully saturated rings. The van der Waals surface area contributed by atoms with Crippen LogP contribution in [0, 0.1) is 6.92 Å². The van der Waals surface area contributed by atoms with Gasteiger partial charge in [0.15, 0.2) is 0 Å². The lowest BCUT2D eigenvalue weighted by Crippen LogP contribution is -2.21. The zero-order chi connectivity index (χ0) is 14.7. The Morgan fingerprint density at radius 2 is 2.05 bits per heavy atom. The molecule has 1 N–H and O–H groups in total. The van der Waals surface area contributed by atoms with Gasteiger partial charge in [-0.05, 0) is 59.2 Å². The number of rotatable bonds is 5. The highest BCUT2D eigenvalue weighted by Gasteiger charge is 2.20. The van der Waals surface area contributed by atoms with Gasteiger partial charge in [-0.1, -0.05) is 22.9 Å². The highest BCUT2D eigenvalue weighted by Crippen LogP contribution is 2.37. The molecule has 1 heterocycles. The van der Waals surface area contributed by atoms with Crippen molar-refractivity contribution in [3.63, 3.8) is 0 Å². The van der Waals surface area contributed by atoms with Crippen molar-refractivity contribution in [1.82, 2.24) is 5.32 Å². The van der Waals surface area contributed by atoms with E-state index < -0.39 is 0 Å². The predicted octanol–water partition coefficient (Wildman–Crippen LogP) is 5.29. The van der Waals surface area contributed by atoms with E-state index in [-0.39, 0.29) is 6.04 Å². The molecule has 1 aromatic heterocycles. The van der Waals surface area contributed by atoms with Gasteiger partial charge in [0.25, 0.3) is 0 Å². The zero-order valence-corrected chi connectivity index (χ0v) is 15.7. The minimum Gasteiger partial charge on any atom is -0.496 e. The Kier molecular flexibility index (Phi) is 5.66. The molecule has 0 aliphatic carbocycles. The molecular weight excluding hydrogens is 402 g/mol. The number of methoxy groups -OCH3 is 1. The molecule has 0 aliphatic heterocycles. The lowest BCUT2D eigenvalue weighted by Gasteiger charge is -2.21. The maximum absolute atomic E-state index is 5.57. The van der Waals surface area contributed by atoms with Gasteiger partial charge in [-0.15, -0.1) is 11.3 Å². The lowest BCUT2D eigenvalue weighted by atomic mass is 10.0. The number of halogens is 2. The second-order valence-electron chi connectivity index (χ2n) is 4.48. The molecule has 0 aliphatic rings. The summed E-state index contributed by atoms with van der Waals surface area (Å²) in [7, 11) is 1.72. The van der Waals surface area contributed by atoms with Crippen molar-refractivity contribution in [3.05, 3.63) is 48.5 Å². The van der Waals surface area contributed by atoms with E-state index in [4.69, 9.17) is 4.74 Å². The van der Waals surface area contributed by atoms with Crippen LogP contribution in [-0.4, -0.2) is 13.7 Å². The molecule has 2 rings (SSSR count). The summed E-state index contributed by atoms with van der Waals surface area (Å²) in [6.07, 6.45) is 0. The van der Waals surface area contributed by atoms with E-state index in [2.05, 4.69) is 75.3 Å². The maximum Gasteiger partial charge on any atom is 0.124 e. The second kappa shape index (κ2) is 7.07. The van der Waals surface area contributed by atoms with E-state index >= 15 is 0 Å². The van der Waals surface area contributed by atoms with E-state index in [0.29, 0.717) is 0 Å². The Balaban J connectivity index is 2.51. The van der Waals surface area contributed by atoms with Crippen molar-refractivity contribution in [2.45, 2.75) is 19.9 Å². The summed E-state index contributed by atoms with van der Waals surface area (Å²) < 4.78 is 7.81. The van der Waals surface area contributed by atoms with Gasteiger partial charge in [0.1, 0.15) is 5.75 Å². The van der Waals surface area contributed by atoms with Crippen LogP contribution in [0.5, 0.6) is 5.75 Å². The Hall–Kier alpha value is -0.360. The molecule has 20 heavy (non-hydrogen) atoms. The number of benzene rings is 1. The monoisotopic (exact) mass is 417 g/mol. The molecule has 2 aromatic rings. The van der Waals surface area contributed by atoms with Crippen LogP contribution in [0.3, 0.4) is 0 Å². The molecule has 0 bridgehead atoms. The fraction of sp³-hybridized carbons (Fsp3) is 0.333.